The van der Waals surface area contributed by atoms with Crippen LogP contribution in [0.5, 0.6) is 5.75 Å². The zero-order valence-electron chi connectivity index (χ0n) is 24.9. The Hall–Kier alpha value is -3.63. The van der Waals surface area contributed by atoms with Gasteiger partial charge in [0.1, 0.15) is 11.4 Å². The van der Waals surface area contributed by atoms with Gasteiger partial charge in [-0.15, -0.1) is 0 Å². The van der Waals surface area contributed by atoms with E-state index in [1.165, 1.54) is 4.90 Å². The average molecular weight is 570 g/mol. The van der Waals surface area contributed by atoms with Crippen molar-refractivity contribution < 1.29 is 33.7 Å². The van der Waals surface area contributed by atoms with Gasteiger partial charge in [0, 0.05) is 38.8 Å². The Morgan fingerprint density at radius 1 is 1.00 bits per heavy atom. The average Bonchev–Trinajstić information content (AvgIpc) is 3.34. The van der Waals surface area contributed by atoms with E-state index in [1.54, 1.807) is 37.9 Å². The summed E-state index contributed by atoms with van der Waals surface area (Å²) in [7, 11) is 1.67. The highest BCUT2D eigenvalue weighted by molar-refractivity contribution is 5.94. The van der Waals surface area contributed by atoms with Crippen LogP contribution in [0.15, 0.2) is 48.5 Å². The van der Waals surface area contributed by atoms with Gasteiger partial charge in [0.2, 0.25) is 5.91 Å². The third kappa shape index (κ3) is 11.0. The number of benzene rings is 2. The van der Waals surface area contributed by atoms with E-state index in [1.807, 2.05) is 57.2 Å². The highest BCUT2D eigenvalue weighted by Crippen LogP contribution is 2.19. The van der Waals surface area contributed by atoms with Crippen LogP contribution in [0.25, 0.3) is 0 Å². The molecular formula is C31H43N3O7. The number of rotatable bonds is 11. The number of carbonyl (C=O) groups excluding carboxylic acids is 3. The molecule has 2 aromatic carbocycles. The third-order valence-electron chi connectivity index (χ3n) is 6.25. The Balaban J connectivity index is 1.37. The van der Waals surface area contributed by atoms with Crippen LogP contribution in [0.4, 0.5) is 4.79 Å². The molecule has 3 amide bonds. The van der Waals surface area contributed by atoms with Crippen LogP contribution in [-0.4, -0.2) is 77.1 Å². The van der Waals surface area contributed by atoms with Gasteiger partial charge in [0.25, 0.3) is 5.91 Å². The van der Waals surface area contributed by atoms with Crippen LogP contribution in [0, 0.1) is 0 Å². The lowest BCUT2D eigenvalue weighted by molar-refractivity contribution is -0.202. The second kappa shape index (κ2) is 13.8. The molecule has 1 heterocycles. The van der Waals surface area contributed by atoms with Crippen LogP contribution < -0.4 is 10.1 Å². The minimum absolute atomic E-state index is 0.00530. The first-order chi connectivity index (χ1) is 19.2. The first-order valence-electron chi connectivity index (χ1n) is 13.9. The molecule has 1 aliphatic rings. The largest absolute Gasteiger partial charge is 0.493 e. The monoisotopic (exact) mass is 569 g/mol. The number of nitrogens with zero attached hydrogens (tertiary/aromatic N) is 2. The van der Waals surface area contributed by atoms with Crippen LogP contribution in [-0.2, 0) is 27.4 Å². The zero-order chi connectivity index (χ0) is 30.2. The minimum Gasteiger partial charge on any atom is -0.493 e. The molecule has 3 rings (SSSR count). The summed E-state index contributed by atoms with van der Waals surface area (Å²) in [6.45, 7) is 10.7. The number of carbonyl (C=O) groups is 3. The van der Waals surface area contributed by atoms with Crippen molar-refractivity contribution in [3.8, 4) is 5.75 Å². The summed E-state index contributed by atoms with van der Waals surface area (Å²) >= 11 is 0. The van der Waals surface area contributed by atoms with Crippen molar-refractivity contribution in [2.45, 2.75) is 78.0 Å². The molecule has 10 heteroatoms. The molecule has 41 heavy (non-hydrogen) atoms. The van der Waals surface area contributed by atoms with E-state index in [0.717, 1.165) is 11.1 Å². The van der Waals surface area contributed by atoms with E-state index in [2.05, 4.69) is 5.32 Å². The molecule has 0 aliphatic carbocycles. The van der Waals surface area contributed by atoms with Gasteiger partial charge in [-0.05, 0) is 76.4 Å². The lowest BCUT2D eigenvalue weighted by Crippen LogP contribution is -2.34. The molecule has 224 valence electrons. The zero-order valence-corrected chi connectivity index (χ0v) is 24.9. The van der Waals surface area contributed by atoms with Gasteiger partial charge in [-0.2, -0.15) is 0 Å². The summed E-state index contributed by atoms with van der Waals surface area (Å²) in [5.41, 5.74) is 1.76. The summed E-state index contributed by atoms with van der Waals surface area (Å²) in [6.07, 6.45) is 0.389. The fourth-order valence-corrected chi connectivity index (χ4v) is 4.30. The second-order valence-electron chi connectivity index (χ2n) is 11.8. The quantitative estimate of drug-likeness (QED) is 0.391. The second-order valence-corrected chi connectivity index (χ2v) is 11.8. The van der Waals surface area contributed by atoms with Crippen molar-refractivity contribution in [2.24, 2.45) is 0 Å². The standard InChI is InChI=1S/C31H43N3O7/c1-30(2,3)41-29(37)33(6)20-23-7-11-24(12-8-23)28(36)32-19-22-9-13-25(14-10-22)39-18-16-27(35)34-17-15-26(21-34)40-31(4,5)38/h7-14,26,38H,15-21H2,1-6H3,(H,32,36). The van der Waals surface area contributed by atoms with Crippen molar-refractivity contribution >= 4 is 17.9 Å². The maximum Gasteiger partial charge on any atom is 0.410 e. The van der Waals surface area contributed by atoms with Crippen molar-refractivity contribution in [3.05, 3.63) is 65.2 Å². The Morgan fingerprint density at radius 3 is 2.24 bits per heavy atom. The van der Waals surface area contributed by atoms with Gasteiger partial charge in [0.05, 0.1) is 19.1 Å². The molecule has 2 aromatic rings. The van der Waals surface area contributed by atoms with Gasteiger partial charge < -0.3 is 34.4 Å². The first-order valence-corrected chi connectivity index (χ1v) is 13.9. The molecule has 1 fully saturated rings. The van der Waals surface area contributed by atoms with E-state index in [-0.39, 0.29) is 30.9 Å². The number of likely N-dealkylation sites (tertiary alicyclic amines) is 1. The number of ether oxygens (including phenoxy) is 3. The molecule has 1 saturated heterocycles. The predicted molar refractivity (Wildman–Crippen MR) is 154 cm³/mol. The van der Waals surface area contributed by atoms with Gasteiger partial charge in [-0.3, -0.25) is 9.59 Å². The van der Waals surface area contributed by atoms with Crippen LogP contribution in [0.2, 0.25) is 0 Å². The Bertz CT molecular complexity index is 1170. The summed E-state index contributed by atoms with van der Waals surface area (Å²) in [5, 5.41) is 12.7. The Labute approximate surface area is 242 Å². The molecular weight excluding hydrogens is 526 g/mol. The van der Waals surface area contributed by atoms with E-state index in [9.17, 15) is 19.5 Å². The van der Waals surface area contributed by atoms with Crippen molar-refractivity contribution in [1.82, 2.24) is 15.1 Å². The van der Waals surface area contributed by atoms with Gasteiger partial charge >= 0.3 is 6.09 Å². The van der Waals surface area contributed by atoms with Crippen LogP contribution in [0.1, 0.15) is 68.9 Å². The molecule has 2 N–H and O–H groups in total. The molecule has 10 nitrogen and oxygen atoms in total. The Kier molecular flexibility index (Phi) is 10.8. The molecule has 1 aliphatic heterocycles. The number of hydrogen-bond donors (Lipinski definition) is 2. The minimum atomic E-state index is -1.21. The fraction of sp³-hybridized carbons (Fsp3) is 0.516. The fourth-order valence-electron chi connectivity index (χ4n) is 4.30. The SMILES string of the molecule is CN(Cc1ccc(C(=O)NCc2ccc(OCCC(=O)N3CCC(OC(C)(C)O)C3)cc2)cc1)C(=O)OC(C)(C)C. The summed E-state index contributed by atoms with van der Waals surface area (Å²) in [6, 6.07) is 14.5. The number of aliphatic hydroxyl groups is 1. The topological polar surface area (TPSA) is 118 Å². The highest BCUT2D eigenvalue weighted by atomic mass is 16.6. The Morgan fingerprint density at radius 2 is 1.63 bits per heavy atom. The normalized spacial score (nSPS) is 15.4. The van der Waals surface area contributed by atoms with Crippen molar-refractivity contribution in [3.63, 3.8) is 0 Å². The third-order valence-corrected chi connectivity index (χ3v) is 6.25. The van der Waals surface area contributed by atoms with Crippen molar-refractivity contribution in [2.75, 3.05) is 26.7 Å². The van der Waals surface area contributed by atoms with E-state index >= 15 is 0 Å². The first kappa shape index (κ1) is 31.9. The maximum absolute atomic E-state index is 12.6. The van der Waals surface area contributed by atoms with Gasteiger partial charge in [-0.1, -0.05) is 24.3 Å². The van der Waals surface area contributed by atoms with E-state index < -0.39 is 17.5 Å². The van der Waals surface area contributed by atoms with Crippen LogP contribution in [0.3, 0.4) is 0 Å². The number of nitrogens with one attached hydrogen (secondary N) is 1. The molecule has 0 spiro atoms. The van der Waals surface area contributed by atoms with Gasteiger partial charge in [0.15, 0.2) is 5.79 Å². The smallest absolute Gasteiger partial charge is 0.410 e. The molecule has 0 bridgehead atoms. The number of hydrogen-bond acceptors (Lipinski definition) is 7. The summed E-state index contributed by atoms with van der Waals surface area (Å²) in [5.74, 6) is -0.775. The van der Waals surface area contributed by atoms with Crippen LogP contribution >= 0.6 is 0 Å². The predicted octanol–water partition coefficient (Wildman–Crippen LogP) is 4.10. The molecule has 0 radical (unpaired) electrons. The van der Waals surface area contributed by atoms with E-state index in [0.29, 0.717) is 43.9 Å². The summed E-state index contributed by atoms with van der Waals surface area (Å²) < 4.78 is 16.6. The molecule has 1 atom stereocenters. The molecule has 1 unspecified atom stereocenters. The summed E-state index contributed by atoms with van der Waals surface area (Å²) in [4.78, 5) is 40.5. The molecule has 0 aromatic heterocycles. The maximum atomic E-state index is 12.6. The van der Waals surface area contributed by atoms with Crippen molar-refractivity contribution in [1.29, 1.82) is 0 Å². The molecule has 0 saturated carbocycles. The highest BCUT2D eigenvalue weighted by Gasteiger charge is 2.30. The van der Waals surface area contributed by atoms with E-state index in [4.69, 9.17) is 14.2 Å². The lowest BCUT2D eigenvalue weighted by Gasteiger charge is -2.24. The van der Waals surface area contributed by atoms with Gasteiger partial charge in [-0.25, -0.2) is 4.79 Å². The lowest BCUT2D eigenvalue weighted by atomic mass is 10.1. The number of amides is 3.